The first kappa shape index (κ1) is 51.6. The molecule has 0 aliphatic rings. The fraction of sp³-hybridized carbons (Fsp3) is 0.653. The molecule has 0 spiro atoms. The maximum absolute atomic E-state index is 12.7. The number of hydrogen-bond donors (Lipinski definition) is 0. The minimum atomic E-state index is -0.820. The maximum atomic E-state index is 12.7. The van der Waals surface area contributed by atoms with Crippen LogP contribution in [0.5, 0.6) is 0 Å². The van der Waals surface area contributed by atoms with Crippen molar-refractivity contribution in [1.29, 1.82) is 0 Å². The number of esters is 3. The van der Waals surface area contributed by atoms with Crippen LogP contribution in [0.2, 0.25) is 0 Å². The zero-order chi connectivity index (χ0) is 40.1. The van der Waals surface area contributed by atoms with Crippen LogP contribution in [0.25, 0.3) is 0 Å². The molecule has 0 fully saturated rings. The van der Waals surface area contributed by atoms with Gasteiger partial charge < -0.3 is 14.2 Å². The van der Waals surface area contributed by atoms with Crippen LogP contribution in [0.1, 0.15) is 188 Å². The molecular weight excluding hydrogens is 685 g/mol. The molecule has 312 valence electrons. The topological polar surface area (TPSA) is 78.9 Å². The first-order valence-electron chi connectivity index (χ1n) is 22.1. The zero-order valence-electron chi connectivity index (χ0n) is 35.4. The summed E-state index contributed by atoms with van der Waals surface area (Å²) in [6, 6.07) is 0. The Hall–Kier alpha value is -3.41. The number of carbonyl (C=O) groups is 3. The highest BCUT2D eigenvalue weighted by Gasteiger charge is 2.19. The molecule has 0 aromatic carbocycles. The van der Waals surface area contributed by atoms with Crippen LogP contribution in [0.3, 0.4) is 0 Å². The lowest BCUT2D eigenvalue weighted by molar-refractivity contribution is -0.167. The smallest absolute Gasteiger partial charge is 0.306 e. The minimum Gasteiger partial charge on any atom is -0.462 e. The van der Waals surface area contributed by atoms with Crippen molar-refractivity contribution in [2.75, 3.05) is 13.2 Å². The third kappa shape index (κ3) is 41.6. The van der Waals surface area contributed by atoms with E-state index in [9.17, 15) is 14.4 Å². The SMILES string of the molecule is CC/C=C\C/C=C\C/C=C\CCCCC(=O)OC(COC(=O)CCC/C=C\C/C=C\C/C=C\CC)COC(=O)CCCCC/C=C\CCCCCCCCC. The van der Waals surface area contributed by atoms with Crippen molar-refractivity contribution in [3.63, 3.8) is 0 Å². The van der Waals surface area contributed by atoms with Crippen molar-refractivity contribution in [2.24, 2.45) is 0 Å². The van der Waals surface area contributed by atoms with Crippen LogP contribution >= 0.6 is 0 Å². The maximum Gasteiger partial charge on any atom is 0.306 e. The van der Waals surface area contributed by atoms with E-state index < -0.39 is 6.10 Å². The summed E-state index contributed by atoms with van der Waals surface area (Å²) in [5.74, 6) is -1.04. The monoisotopic (exact) mass is 765 g/mol. The van der Waals surface area contributed by atoms with Crippen molar-refractivity contribution in [2.45, 2.75) is 194 Å². The Morgan fingerprint density at radius 3 is 1.24 bits per heavy atom. The van der Waals surface area contributed by atoms with E-state index in [2.05, 4.69) is 106 Å². The lowest BCUT2D eigenvalue weighted by Gasteiger charge is -2.18. The molecule has 0 aliphatic heterocycles. The molecule has 6 heteroatoms. The van der Waals surface area contributed by atoms with E-state index >= 15 is 0 Å². The van der Waals surface area contributed by atoms with Crippen LogP contribution < -0.4 is 0 Å². The second-order valence-electron chi connectivity index (χ2n) is 14.2. The highest BCUT2D eigenvalue weighted by molar-refractivity contribution is 5.71. The first-order valence-corrected chi connectivity index (χ1v) is 22.1. The Bertz CT molecular complexity index is 1110. The number of unbranched alkanes of at least 4 members (excludes halogenated alkanes) is 13. The molecule has 6 nitrogen and oxygen atoms in total. The van der Waals surface area contributed by atoms with Gasteiger partial charge in [-0.1, -0.05) is 151 Å². The lowest BCUT2D eigenvalue weighted by atomic mass is 10.1. The van der Waals surface area contributed by atoms with Crippen molar-refractivity contribution in [3.8, 4) is 0 Å². The Morgan fingerprint density at radius 2 is 0.727 bits per heavy atom. The average Bonchev–Trinajstić information content (AvgIpc) is 3.18. The number of carbonyl (C=O) groups excluding carboxylic acids is 3. The fourth-order valence-corrected chi connectivity index (χ4v) is 5.59. The van der Waals surface area contributed by atoms with Gasteiger partial charge in [-0.3, -0.25) is 14.4 Å². The zero-order valence-corrected chi connectivity index (χ0v) is 35.4. The van der Waals surface area contributed by atoms with Gasteiger partial charge >= 0.3 is 17.9 Å². The molecule has 0 radical (unpaired) electrons. The molecule has 0 amide bonds. The van der Waals surface area contributed by atoms with Gasteiger partial charge in [-0.25, -0.2) is 0 Å². The Kier molecular flexibility index (Phi) is 40.6. The van der Waals surface area contributed by atoms with Crippen LogP contribution in [0, 0.1) is 0 Å². The number of allylic oxidation sites excluding steroid dienone is 14. The van der Waals surface area contributed by atoms with Gasteiger partial charge in [0.05, 0.1) is 0 Å². The van der Waals surface area contributed by atoms with E-state index in [4.69, 9.17) is 14.2 Å². The molecule has 0 heterocycles. The lowest BCUT2D eigenvalue weighted by Crippen LogP contribution is -2.30. The molecule has 1 unspecified atom stereocenters. The molecule has 0 saturated heterocycles. The largest absolute Gasteiger partial charge is 0.462 e. The fourth-order valence-electron chi connectivity index (χ4n) is 5.59. The summed E-state index contributed by atoms with van der Waals surface area (Å²) in [6.07, 6.45) is 54.4. The van der Waals surface area contributed by atoms with E-state index in [1.54, 1.807) is 0 Å². The Labute approximate surface area is 337 Å². The van der Waals surface area contributed by atoms with Gasteiger partial charge in [-0.2, -0.15) is 0 Å². The van der Waals surface area contributed by atoms with E-state index in [1.165, 1.54) is 44.9 Å². The third-order valence-electron chi connectivity index (χ3n) is 8.86. The molecule has 0 aromatic heterocycles. The molecule has 0 saturated carbocycles. The van der Waals surface area contributed by atoms with Gasteiger partial charge in [0, 0.05) is 19.3 Å². The quantitative estimate of drug-likeness (QED) is 0.0270. The first-order chi connectivity index (χ1) is 27.0. The van der Waals surface area contributed by atoms with Crippen LogP contribution in [0.15, 0.2) is 85.1 Å². The summed E-state index contributed by atoms with van der Waals surface area (Å²) in [7, 11) is 0. The highest BCUT2D eigenvalue weighted by atomic mass is 16.6. The summed E-state index contributed by atoms with van der Waals surface area (Å²) >= 11 is 0. The predicted octanol–water partition coefficient (Wildman–Crippen LogP) is 14.1. The van der Waals surface area contributed by atoms with Gasteiger partial charge in [0.2, 0.25) is 0 Å². The molecule has 0 N–H and O–H groups in total. The minimum absolute atomic E-state index is 0.117. The Morgan fingerprint density at radius 1 is 0.382 bits per heavy atom. The van der Waals surface area contributed by atoms with Crippen molar-refractivity contribution >= 4 is 17.9 Å². The summed E-state index contributed by atoms with van der Waals surface area (Å²) in [6.45, 7) is 6.27. The highest BCUT2D eigenvalue weighted by Crippen LogP contribution is 2.11. The molecule has 1 atom stereocenters. The summed E-state index contributed by atoms with van der Waals surface area (Å²) < 4.78 is 16.6. The molecule has 0 aromatic rings. The number of ether oxygens (including phenoxy) is 3. The second-order valence-corrected chi connectivity index (χ2v) is 14.2. The van der Waals surface area contributed by atoms with Gasteiger partial charge in [0.1, 0.15) is 13.2 Å². The summed E-state index contributed by atoms with van der Waals surface area (Å²) in [4.78, 5) is 37.6. The van der Waals surface area contributed by atoms with Gasteiger partial charge in [-0.05, 0) is 103 Å². The Balaban J connectivity index is 4.53. The van der Waals surface area contributed by atoms with E-state index in [0.717, 1.165) is 89.9 Å². The van der Waals surface area contributed by atoms with Crippen molar-refractivity contribution in [1.82, 2.24) is 0 Å². The van der Waals surface area contributed by atoms with Gasteiger partial charge in [0.25, 0.3) is 0 Å². The van der Waals surface area contributed by atoms with E-state index in [0.29, 0.717) is 19.3 Å². The van der Waals surface area contributed by atoms with Crippen LogP contribution in [0.4, 0.5) is 0 Å². The van der Waals surface area contributed by atoms with Crippen LogP contribution in [-0.4, -0.2) is 37.2 Å². The third-order valence-corrected chi connectivity index (χ3v) is 8.86. The molecule has 0 aliphatic carbocycles. The summed E-state index contributed by atoms with van der Waals surface area (Å²) in [5, 5.41) is 0. The molecule has 0 rings (SSSR count). The summed E-state index contributed by atoms with van der Waals surface area (Å²) in [5.41, 5.74) is 0. The average molecular weight is 765 g/mol. The normalized spacial score (nSPS) is 12.9. The van der Waals surface area contributed by atoms with Crippen LogP contribution in [-0.2, 0) is 28.6 Å². The van der Waals surface area contributed by atoms with E-state index in [-0.39, 0.29) is 44.0 Å². The van der Waals surface area contributed by atoms with E-state index in [1.807, 2.05) is 0 Å². The second kappa shape index (κ2) is 43.3. The molecule has 0 bridgehead atoms. The standard InChI is InChI=1S/C49H80O6/c1-4-7-10-13-16-19-22-24-25-28-30-33-36-39-42-48(51)54-45-46(44-53-47(50)41-38-35-32-29-26-21-18-15-12-9-6-3)55-49(52)43-40-37-34-31-27-23-20-17-14-11-8-5-2/h8-9,11-12,17-18,20-21,25,27-29,31-32,46H,4-7,10,13-16,19,22-24,26,30,33-45H2,1-3H3/b11-8-,12-9-,20-17-,21-18-,28-25-,31-27-,32-29-. The molecule has 55 heavy (non-hydrogen) atoms. The predicted molar refractivity (Wildman–Crippen MR) is 233 cm³/mol. The van der Waals surface area contributed by atoms with Gasteiger partial charge in [0.15, 0.2) is 6.10 Å². The number of rotatable bonds is 38. The van der Waals surface area contributed by atoms with Gasteiger partial charge in [-0.15, -0.1) is 0 Å². The number of hydrogen-bond acceptors (Lipinski definition) is 6. The van der Waals surface area contributed by atoms with Crippen molar-refractivity contribution in [3.05, 3.63) is 85.1 Å². The van der Waals surface area contributed by atoms with Crippen molar-refractivity contribution < 1.29 is 28.6 Å². The molecular formula is C49H80O6.